The van der Waals surface area contributed by atoms with Crippen LogP contribution in [0.25, 0.3) is 20.7 Å². The van der Waals surface area contributed by atoms with E-state index in [1.54, 1.807) is 29.8 Å². The van der Waals surface area contributed by atoms with Crippen LogP contribution in [0.5, 0.6) is 0 Å². The average molecular weight is 435 g/mol. The second-order valence-corrected chi connectivity index (χ2v) is 6.41. The molecule has 0 saturated carbocycles. The first-order valence-electron chi connectivity index (χ1n) is 5.01. The molecule has 0 bridgehead atoms. The highest BCUT2D eigenvalue weighted by Gasteiger charge is 2.15. The molecule has 18 heavy (non-hydrogen) atoms. The third-order valence-electron chi connectivity index (χ3n) is 2.49. The van der Waals surface area contributed by atoms with E-state index in [0.29, 0.717) is 0 Å². The SMILES string of the molecule is Fc1ccc(-c2sc3ncnc(I)c3c2Br)cc1. The highest BCUT2D eigenvalue weighted by atomic mass is 127. The maximum atomic E-state index is 12.9. The Kier molecular flexibility index (Phi) is 3.33. The van der Waals surface area contributed by atoms with Gasteiger partial charge < -0.3 is 0 Å². The monoisotopic (exact) mass is 434 g/mol. The van der Waals surface area contributed by atoms with Crippen LogP contribution in [-0.4, -0.2) is 9.97 Å². The van der Waals surface area contributed by atoms with E-state index in [9.17, 15) is 4.39 Å². The van der Waals surface area contributed by atoms with Gasteiger partial charge in [0, 0.05) is 4.47 Å². The van der Waals surface area contributed by atoms with Gasteiger partial charge in [0.25, 0.3) is 0 Å². The lowest BCUT2D eigenvalue weighted by molar-refractivity contribution is 0.628. The molecular formula is C12H5BrFIN2S. The largest absolute Gasteiger partial charge is 0.230 e. The maximum absolute atomic E-state index is 12.9. The van der Waals surface area contributed by atoms with Gasteiger partial charge in [0.1, 0.15) is 20.7 Å². The molecular weight excluding hydrogens is 430 g/mol. The van der Waals surface area contributed by atoms with E-state index in [-0.39, 0.29) is 5.82 Å². The van der Waals surface area contributed by atoms with Gasteiger partial charge in [-0.1, -0.05) is 12.1 Å². The lowest BCUT2D eigenvalue weighted by Gasteiger charge is -1.98. The third kappa shape index (κ3) is 2.06. The molecule has 0 atom stereocenters. The second-order valence-electron chi connectivity index (χ2n) is 3.60. The minimum Gasteiger partial charge on any atom is -0.230 e. The molecule has 0 N–H and O–H groups in total. The van der Waals surface area contributed by atoms with E-state index >= 15 is 0 Å². The molecule has 2 aromatic heterocycles. The summed E-state index contributed by atoms with van der Waals surface area (Å²) in [6, 6.07) is 6.46. The zero-order valence-corrected chi connectivity index (χ0v) is 13.4. The predicted molar refractivity (Wildman–Crippen MR) is 83.2 cm³/mol. The fourth-order valence-corrected chi connectivity index (χ4v) is 4.87. The van der Waals surface area contributed by atoms with Crippen LogP contribution >= 0.6 is 49.9 Å². The van der Waals surface area contributed by atoms with Gasteiger partial charge in [-0.15, -0.1) is 11.3 Å². The summed E-state index contributed by atoms with van der Waals surface area (Å²) in [6.07, 6.45) is 1.56. The molecule has 0 unspecified atom stereocenters. The van der Waals surface area contributed by atoms with Crippen molar-refractivity contribution in [3.05, 3.63) is 44.6 Å². The van der Waals surface area contributed by atoms with Gasteiger partial charge in [-0.05, 0) is 56.2 Å². The number of halogens is 3. The molecule has 0 spiro atoms. The molecule has 2 heterocycles. The summed E-state index contributed by atoms with van der Waals surface area (Å²) >= 11 is 7.35. The van der Waals surface area contributed by atoms with E-state index in [2.05, 4.69) is 48.5 Å². The van der Waals surface area contributed by atoms with Crippen LogP contribution in [0.1, 0.15) is 0 Å². The van der Waals surface area contributed by atoms with Crippen molar-refractivity contribution in [3.8, 4) is 10.4 Å². The van der Waals surface area contributed by atoms with Crippen LogP contribution in [0.2, 0.25) is 0 Å². The zero-order valence-electron chi connectivity index (χ0n) is 8.82. The van der Waals surface area contributed by atoms with E-state index in [1.807, 2.05) is 0 Å². The van der Waals surface area contributed by atoms with Crippen molar-refractivity contribution in [2.75, 3.05) is 0 Å². The first-order valence-corrected chi connectivity index (χ1v) is 7.70. The molecule has 0 aliphatic heterocycles. The average Bonchev–Trinajstić information content (AvgIpc) is 2.69. The summed E-state index contributed by atoms with van der Waals surface area (Å²) in [5.74, 6) is -0.231. The second kappa shape index (κ2) is 4.82. The normalized spacial score (nSPS) is 11.1. The van der Waals surface area contributed by atoms with Crippen molar-refractivity contribution in [3.63, 3.8) is 0 Å². The molecule has 90 valence electrons. The lowest BCUT2D eigenvalue weighted by atomic mass is 10.2. The summed E-state index contributed by atoms with van der Waals surface area (Å²) in [5, 5.41) is 1.02. The molecule has 3 aromatic rings. The molecule has 1 aromatic carbocycles. The van der Waals surface area contributed by atoms with Gasteiger partial charge in [0.2, 0.25) is 0 Å². The van der Waals surface area contributed by atoms with Gasteiger partial charge in [-0.3, -0.25) is 0 Å². The summed E-state index contributed by atoms with van der Waals surface area (Å²) < 4.78 is 14.8. The minimum atomic E-state index is -0.231. The van der Waals surface area contributed by atoms with E-state index < -0.39 is 0 Å². The summed E-state index contributed by atoms with van der Waals surface area (Å²) in [4.78, 5) is 10.4. The Balaban J connectivity index is 2.27. The van der Waals surface area contributed by atoms with Crippen LogP contribution in [0.15, 0.2) is 35.1 Å². The molecule has 2 nitrogen and oxygen atoms in total. The third-order valence-corrected chi connectivity index (χ3v) is 5.51. The highest BCUT2D eigenvalue weighted by Crippen LogP contribution is 2.42. The summed E-state index contributed by atoms with van der Waals surface area (Å²) in [6.45, 7) is 0. The number of nitrogens with zero attached hydrogens (tertiary/aromatic N) is 2. The smallest absolute Gasteiger partial charge is 0.129 e. The molecule has 0 fully saturated rings. The standard InChI is InChI=1S/C12H5BrFIN2S/c13-9-8-11(15)16-5-17-12(8)18-10(9)6-1-3-7(14)4-2-6/h1-5H. The van der Waals surface area contributed by atoms with E-state index in [1.165, 1.54) is 12.1 Å². The Morgan fingerprint density at radius 1 is 1.17 bits per heavy atom. The number of hydrogen-bond donors (Lipinski definition) is 0. The van der Waals surface area contributed by atoms with Crippen LogP contribution < -0.4 is 0 Å². The quantitative estimate of drug-likeness (QED) is 0.403. The summed E-state index contributed by atoms with van der Waals surface area (Å²) in [7, 11) is 0. The fourth-order valence-electron chi connectivity index (χ4n) is 1.65. The maximum Gasteiger partial charge on any atom is 0.129 e. The van der Waals surface area contributed by atoms with Crippen LogP contribution in [0.4, 0.5) is 4.39 Å². The van der Waals surface area contributed by atoms with Crippen LogP contribution in [0, 0.1) is 9.52 Å². The predicted octanol–water partition coefficient (Wildman–Crippen LogP) is 4.86. The van der Waals surface area contributed by atoms with Crippen molar-refractivity contribution < 1.29 is 4.39 Å². The Morgan fingerprint density at radius 2 is 1.89 bits per heavy atom. The number of hydrogen-bond acceptors (Lipinski definition) is 3. The molecule has 0 radical (unpaired) electrons. The summed E-state index contributed by atoms with van der Waals surface area (Å²) in [5.41, 5.74) is 0.974. The Hall–Kier alpha value is -0.600. The first-order chi connectivity index (χ1) is 8.66. The minimum absolute atomic E-state index is 0.231. The van der Waals surface area contributed by atoms with Crippen molar-refractivity contribution in [1.29, 1.82) is 0 Å². The zero-order chi connectivity index (χ0) is 12.7. The van der Waals surface area contributed by atoms with E-state index in [0.717, 1.165) is 28.8 Å². The van der Waals surface area contributed by atoms with Gasteiger partial charge in [0.15, 0.2) is 0 Å². The number of aromatic nitrogens is 2. The van der Waals surface area contributed by atoms with E-state index in [4.69, 9.17) is 0 Å². The van der Waals surface area contributed by atoms with Crippen LogP contribution in [-0.2, 0) is 0 Å². The fraction of sp³-hybridized carbons (Fsp3) is 0. The number of fused-ring (bicyclic) bond motifs is 1. The topological polar surface area (TPSA) is 25.8 Å². The molecule has 0 aliphatic rings. The Morgan fingerprint density at radius 3 is 2.56 bits per heavy atom. The van der Waals surface area contributed by atoms with Gasteiger partial charge >= 0.3 is 0 Å². The van der Waals surface area contributed by atoms with Crippen molar-refractivity contribution >= 4 is 60.1 Å². The number of benzene rings is 1. The lowest BCUT2D eigenvalue weighted by Crippen LogP contribution is -1.82. The van der Waals surface area contributed by atoms with Crippen molar-refractivity contribution in [1.82, 2.24) is 9.97 Å². The molecule has 0 amide bonds. The van der Waals surface area contributed by atoms with Gasteiger partial charge in [-0.25, -0.2) is 14.4 Å². The Labute approximate surface area is 129 Å². The van der Waals surface area contributed by atoms with Crippen molar-refractivity contribution in [2.24, 2.45) is 0 Å². The van der Waals surface area contributed by atoms with Crippen molar-refractivity contribution in [2.45, 2.75) is 0 Å². The Bertz CT molecular complexity index is 727. The molecule has 0 saturated heterocycles. The molecule has 0 aliphatic carbocycles. The van der Waals surface area contributed by atoms with Crippen LogP contribution in [0.3, 0.4) is 0 Å². The molecule has 3 rings (SSSR count). The van der Waals surface area contributed by atoms with Gasteiger partial charge in [0.05, 0.1) is 10.3 Å². The van der Waals surface area contributed by atoms with Gasteiger partial charge in [-0.2, -0.15) is 0 Å². The molecule has 6 heteroatoms. The number of thiophene rings is 1. The highest BCUT2D eigenvalue weighted by molar-refractivity contribution is 14.1. The number of rotatable bonds is 1. The first kappa shape index (κ1) is 12.4.